The number of nitriles is 1. The molecule has 0 aliphatic carbocycles. The van der Waals surface area contributed by atoms with E-state index >= 15 is 0 Å². The van der Waals surface area contributed by atoms with Gasteiger partial charge in [0.1, 0.15) is 31.4 Å². The second kappa shape index (κ2) is 26.8. The number of carbonyl (C=O) groups is 2. The second-order valence-electron chi connectivity index (χ2n) is 19.2. The third-order valence-corrected chi connectivity index (χ3v) is 14.9. The van der Waals surface area contributed by atoms with Crippen LogP contribution in [0.3, 0.4) is 0 Å². The summed E-state index contributed by atoms with van der Waals surface area (Å²) >= 11 is 0. The number of aliphatic hydroxyl groups is 1. The molecule has 11 rings (SSSR count). The molecule has 0 bridgehead atoms. The van der Waals surface area contributed by atoms with Gasteiger partial charge in [0.15, 0.2) is 6.10 Å². The van der Waals surface area contributed by atoms with E-state index in [1.165, 1.54) is 28.9 Å². The maximum absolute atomic E-state index is 14.3. The molecule has 3 aromatic heterocycles. The van der Waals surface area contributed by atoms with E-state index in [1.54, 1.807) is 16.7 Å². The van der Waals surface area contributed by atoms with Crippen LogP contribution in [0.2, 0.25) is 0 Å². The van der Waals surface area contributed by atoms with Gasteiger partial charge in [0.2, 0.25) is 0 Å². The van der Waals surface area contributed by atoms with Gasteiger partial charge in [-0.15, -0.1) is 0 Å². The Morgan fingerprint density at radius 3 is 2.29 bits per heavy atom. The van der Waals surface area contributed by atoms with Crippen LogP contribution in [-0.2, 0) is 46.9 Å². The highest BCUT2D eigenvalue weighted by atomic mass is 16.5. The molecule has 0 saturated carbocycles. The zero-order valence-corrected chi connectivity index (χ0v) is 47.7. The number of likely N-dealkylation sites (N-methyl/N-ethyl adjacent to an activating group) is 1. The Hall–Kier alpha value is -7.35. The van der Waals surface area contributed by atoms with E-state index in [-0.39, 0.29) is 35.8 Å². The standard InChI is InChI=1S/C54H58N8O7.C2H3N.3C2H6/c1-5-10-34(29-67-36-16-17-43-39(25-36)37(6-2)41-27-62-46(48(41)55-43)26-40-42(52(62)65)31-68-53(66)49(40)63)51(64)60-23-21-59(22-24-60)50-38-18-20-61(45-15-8-13-33-12-7-11-32(3)47(33)45)28-44(38)56-54(57-50)69-30-35-14-9-19-58(35)4;1-2-3;3*1-2/h7-8,10-13,15-17,25-26,35,49,63H,5-6,9,14,18-24,27-31H2,1-4H3;1H3;3*1-2H3/b34-10+;;;;. The van der Waals surface area contributed by atoms with Crippen LogP contribution in [0.5, 0.6) is 11.8 Å². The van der Waals surface area contributed by atoms with E-state index in [4.69, 9.17) is 34.4 Å². The van der Waals surface area contributed by atoms with E-state index in [1.807, 2.05) is 77.6 Å². The van der Waals surface area contributed by atoms with E-state index in [0.717, 1.165) is 71.5 Å². The predicted molar refractivity (Wildman–Crippen MR) is 309 cm³/mol. The smallest absolute Gasteiger partial charge is 0.340 e. The molecule has 2 saturated heterocycles. The number of likely N-dealkylation sites (tertiary alicyclic amines) is 1. The van der Waals surface area contributed by atoms with Crippen molar-refractivity contribution in [3.63, 3.8) is 0 Å². The van der Waals surface area contributed by atoms with Crippen molar-refractivity contribution in [2.45, 2.75) is 133 Å². The number of esters is 1. The summed E-state index contributed by atoms with van der Waals surface area (Å²) in [6.07, 6.45) is 4.86. The number of ether oxygens (including phenoxy) is 3. The van der Waals surface area contributed by atoms with E-state index in [0.29, 0.717) is 93.5 Å². The van der Waals surface area contributed by atoms with Crippen molar-refractivity contribution in [2.24, 2.45) is 0 Å². The third-order valence-electron chi connectivity index (χ3n) is 14.9. The molecule has 0 spiro atoms. The van der Waals surface area contributed by atoms with Crippen molar-refractivity contribution in [1.29, 1.82) is 5.26 Å². The van der Waals surface area contributed by atoms with Gasteiger partial charge in [-0.2, -0.15) is 15.2 Å². The van der Waals surface area contributed by atoms with Crippen LogP contribution in [0.1, 0.15) is 127 Å². The van der Waals surface area contributed by atoms with Crippen LogP contribution in [0.25, 0.3) is 33.1 Å². The first kappa shape index (κ1) is 58.3. The fraction of sp³-hybridized carbons (Fsp3) is 0.468. The van der Waals surface area contributed by atoms with Gasteiger partial charge < -0.3 is 43.5 Å². The quantitative estimate of drug-likeness (QED) is 0.0955. The van der Waals surface area contributed by atoms with Gasteiger partial charge in [-0.05, 0) is 99.5 Å². The van der Waals surface area contributed by atoms with Crippen molar-refractivity contribution in [1.82, 2.24) is 29.3 Å². The first-order valence-corrected chi connectivity index (χ1v) is 28.2. The number of cyclic esters (lactones) is 1. The molecule has 1 amide bonds. The highest BCUT2D eigenvalue weighted by Crippen LogP contribution is 2.40. The molecule has 3 aromatic carbocycles. The summed E-state index contributed by atoms with van der Waals surface area (Å²) in [5.74, 6) is 0.718. The number of pyridine rings is 2. The summed E-state index contributed by atoms with van der Waals surface area (Å²) in [5.41, 5.74) is 9.42. The number of allylic oxidation sites excluding steroid dienone is 1. The van der Waals surface area contributed by atoms with Crippen LogP contribution in [0.4, 0.5) is 11.5 Å². The van der Waals surface area contributed by atoms with E-state index in [2.05, 4.69) is 72.0 Å². The summed E-state index contributed by atoms with van der Waals surface area (Å²) in [6.45, 7) is 25.4. The van der Waals surface area contributed by atoms with Gasteiger partial charge in [0, 0.05) is 78.8 Å². The molecular weight excluding hydrogens is 983 g/mol. The zero-order chi connectivity index (χ0) is 56.2. The lowest BCUT2D eigenvalue weighted by atomic mass is 9.97. The maximum atomic E-state index is 14.3. The highest BCUT2D eigenvalue weighted by Gasteiger charge is 2.36. The van der Waals surface area contributed by atoms with Gasteiger partial charge in [-0.1, -0.05) is 91.8 Å². The predicted octanol–water partition coefficient (Wildman–Crippen LogP) is 10.0. The van der Waals surface area contributed by atoms with Gasteiger partial charge in [-0.25, -0.2) is 9.78 Å². The molecule has 2 unspecified atom stereocenters. The largest absolute Gasteiger partial charge is 0.489 e. The molecule has 2 atom stereocenters. The van der Waals surface area contributed by atoms with Crippen LogP contribution >= 0.6 is 0 Å². The fourth-order valence-electron chi connectivity index (χ4n) is 11.2. The number of fused-ring (bicyclic) bond motifs is 7. The molecule has 5 aliphatic rings. The summed E-state index contributed by atoms with van der Waals surface area (Å²) < 4.78 is 19.6. The monoisotopic (exact) mass is 1060 g/mol. The average molecular weight is 1060 g/mol. The number of hydrogen-bond acceptors (Lipinski definition) is 14. The van der Waals surface area contributed by atoms with E-state index in [9.17, 15) is 19.5 Å². The molecule has 8 heterocycles. The van der Waals surface area contributed by atoms with Crippen LogP contribution in [-0.4, -0.2) is 112 Å². The number of rotatable bonds is 11. The normalized spacial score (nSPS) is 17.2. The van der Waals surface area contributed by atoms with Crippen molar-refractivity contribution in [3.8, 4) is 29.2 Å². The number of nitrogens with zero attached hydrogens (tertiary/aromatic N) is 9. The van der Waals surface area contributed by atoms with Crippen LogP contribution in [0.15, 0.2) is 77.1 Å². The van der Waals surface area contributed by atoms with Gasteiger partial charge in [-0.3, -0.25) is 9.59 Å². The molecule has 0 radical (unpaired) electrons. The van der Waals surface area contributed by atoms with Crippen molar-refractivity contribution in [2.75, 3.05) is 69.3 Å². The Bertz CT molecular complexity index is 3240. The molecule has 1 N–H and O–H groups in total. The van der Waals surface area contributed by atoms with Gasteiger partial charge in [0.25, 0.3) is 11.5 Å². The first-order valence-electron chi connectivity index (χ1n) is 28.2. The van der Waals surface area contributed by atoms with Crippen LogP contribution in [0, 0.1) is 18.3 Å². The Kier molecular flexibility index (Phi) is 20.1. The zero-order valence-electron chi connectivity index (χ0n) is 47.7. The minimum Gasteiger partial charge on any atom is -0.489 e. The molecular formula is C62H79N9O7. The maximum Gasteiger partial charge on any atom is 0.340 e. The number of benzene rings is 3. The average Bonchev–Trinajstić information content (AvgIpc) is 4.26. The molecule has 5 aliphatic heterocycles. The van der Waals surface area contributed by atoms with Crippen molar-refractivity contribution >= 4 is 45.1 Å². The summed E-state index contributed by atoms with van der Waals surface area (Å²) in [4.78, 5) is 64.3. The number of anilines is 2. The summed E-state index contributed by atoms with van der Waals surface area (Å²) in [7, 11) is 2.15. The molecule has 16 nitrogen and oxygen atoms in total. The molecule has 2 fully saturated rings. The number of carbonyl (C=O) groups excluding carboxylic acids is 2. The van der Waals surface area contributed by atoms with Gasteiger partial charge in [0.05, 0.1) is 52.9 Å². The molecule has 78 heavy (non-hydrogen) atoms. The van der Waals surface area contributed by atoms with Crippen molar-refractivity contribution in [3.05, 3.63) is 122 Å². The highest BCUT2D eigenvalue weighted by molar-refractivity contribution is 5.97. The molecule has 6 aromatic rings. The Morgan fingerprint density at radius 2 is 1.60 bits per heavy atom. The van der Waals surface area contributed by atoms with Crippen LogP contribution < -0.4 is 24.8 Å². The second-order valence-corrected chi connectivity index (χ2v) is 19.2. The number of aromatic nitrogens is 4. The third kappa shape index (κ3) is 11.9. The summed E-state index contributed by atoms with van der Waals surface area (Å²) in [6, 6.07) is 22.9. The van der Waals surface area contributed by atoms with Crippen molar-refractivity contribution < 1.29 is 28.9 Å². The fourth-order valence-corrected chi connectivity index (χ4v) is 11.2. The lowest BCUT2D eigenvalue weighted by molar-refractivity contribution is -0.157. The molecule has 414 valence electrons. The Balaban J connectivity index is 0.000000929. The number of aryl methyl sites for hydroxylation is 2. The number of hydrogen-bond donors (Lipinski definition) is 1. The Morgan fingerprint density at radius 1 is 0.872 bits per heavy atom. The Labute approximate surface area is 460 Å². The topological polar surface area (TPSA) is 179 Å². The lowest BCUT2D eigenvalue weighted by Gasteiger charge is -2.38. The minimum atomic E-state index is -1.51. The minimum absolute atomic E-state index is 0.0374. The number of amides is 1. The SMILES string of the molecule is CC.CC.CC.CC#N.CC/C=C(\COc1ccc2nc3c(c(CC)c2c1)Cn1c-3cc2c(c1=O)COC(=O)C2O)C(=O)N1CCN(c2nc(OCC3CCCN3C)nc3c2CCN(c2cccc4cccc(C)c24)C3)CC1. The molecule has 16 heteroatoms. The first-order chi connectivity index (χ1) is 38.0. The summed E-state index contributed by atoms with van der Waals surface area (Å²) in [5, 5.41) is 21.3. The number of aliphatic hydroxyl groups excluding tert-OH is 1. The van der Waals surface area contributed by atoms with E-state index < -0.39 is 12.1 Å². The van der Waals surface area contributed by atoms with Gasteiger partial charge >= 0.3 is 12.0 Å². The lowest BCUT2D eigenvalue weighted by Crippen LogP contribution is -2.50. The number of piperazine rings is 1.